The summed E-state index contributed by atoms with van der Waals surface area (Å²) in [4.78, 5) is 4.73. The highest BCUT2D eigenvalue weighted by Gasteiger charge is 2.41. The van der Waals surface area contributed by atoms with Crippen LogP contribution in [0.5, 0.6) is 0 Å². The molecule has 0 spiro atoms. The van der Waals surface area contributed by atoms with Crippen LogP contribution in [-0.4, -0.2) is 50.8 Å². The molecule has 0 bridgehead atoms. The van der Waals surface area contributed by atoms with Gasteiger partial charge in [0.15, 0.2) is 5.96 Å². The quantitative estimate of drug-likeness (QED) is 0.367. The second-order valence-corrected chi connectivity index (χ2v) is 6.05. The summed E-state index contributed by atoms with van der Waals surface area (Å²) >= 11 is 1.85. The fraction of sp³-hybridized carbons (Fsp3) is 0.929. The van der Waals surface area contributed by atoms with Crippen molar-refractivity contribution in [2.45, 2.75) is 33.1 Å². The predicted molar refractivity (Wildman–Crippen MR) is 85.1 cm³/mol. The third-order valence-corrected chi connectivity index (χ3v) is 4.07. The normalized spacial score (nSPS) is 17.3. The molecule has 0 atom stereocenters. The van der Waals surface area contributed by atoms with Crippen LogP contribution in [0.4, 0.5) is 0 Å². The number of thioether (sulfide) groups is 1. The van der Waals surface area contributed by atoms with E-state index in [4.69, 9.17) is 9.73 Å². The first-order valence-electron chi connectivity index (χ1n) is 7.35. The van der Waals surface area contributed by atoms with E-state index in [0.29, 0.717) is 5.41 Å². The van der Waals surface area contributed by atoms with Gasteiger partial charge in [-0.05, 0) is 44.8 Å². The molecule has 19 heavy (non-hydrogen) atoms. The largest absolute Gasteiger partial charge is 0.382 e. The maximum absolute atomic E-state index is 5.46. The minimum atomic E-state index is 0.428. The zero-order valence-electron chi connectivity index (χ0n) is 12.6. The molecule has 0 aliphatic heterocycles. The van der Waals surface area contributed by atoms with Gasteiger partial charge in [-0.25, -0.2) is 0 Å². The van der Waals surface area contributed by atoms with E-state index in [1.165, 1.54) is 12.8 Å². The van der Waals surface area contributed by atoms with Crippen molar-refractivity contribution in [3.05, 3.63) is 0 Å². The van der Waals surface area contributed by atoms with Gasteiger partial charge in [-0.1, -0.05) is 0 Å². The van der Waals surface area contributed by atoms with Crippen LogP contribution in [0.2, 0.25) is 0 Å². The lowest BCUT2D eigenvalue weighted by atomic mass is 10.0. The van der Waals surface area contributed by atoms with Crippen LogP contribution in [0.25, 0.3) is 0 Å². The van der Waals surface area contributed by atoms with Crippen LogP contribution >= 0.6 is 11.8 Å². The number of guanidine groups is 1. The summed E-state index contributed by atoms with van der Waals surface area (Å²) in [5.41, 5.74) is 0.428. The molecule has 1 saturated carbocycles. The van der Waals surface area contributed by atoms with Gasteiger partial charge in [0.1, 0.15) is 0 Å². The molecule has 0 aromatic carbocycles. The molecular formula is C14H29N3OS. The summed E-state index contributed by atoms with van der Waals surface area (Å²) in [6, 6.07) is 0. The van der Waals surface area contributed by atoms with Crippen LogP contribution in [0.15, 0.2) is 4.99 Å². The topological polar surface area (TPSA) is 45.7 Å². The van der Waals surface area contributed by atoms with Gasteiger partial charge in [0, 0.05) is 38.6 Å². The Balaban J connectivity index is 2.32. The van der Waals surface area contributed by atoms with E-state index in [0.717, 1.165) is 51.0 Å². The van der Waals surface area contributed by atoms with E-state index in [1.807, 2.05) is 11.8 Å². The molecule has 112 valence electrons. The lowest BCUT2D eigenvalue weighted by molar-refractivity contribution is 0.129. The van der Waals surface area contributed by atoms with Crippen molar-refractivity contribution in [1.82, 2.24) is 10.6 Å². The first-order valence-corrected chi connectivity index (χ1v) is 8.74. The molecule has 0 aromatic rings. The third kappa shape index (κ3) is 7.06. The van der Waals surface area contributed by atoms with Crippen molar-refractivity contribution in [3.8, 4) is 0 Å². The monoisotopic (exact) mass is 287 g/mol. The molecule has 0 unspecified atom stereocenters. The van der Waals surface area contributed by atoms with Crippen LogP contribution in [0.3, 0.4) is 0 Å². The van der Waals surface area contributed by atoms with Gasteiger partial charge in [0.25, 0.3) is 0 Å². The molecule has 4 nitrogen and oxygen atoms in total. The molecule has 2 N–H and O–H groups in total. The highest BCUT2D eigenvalue weighted by atomic mass is 32.2. The molecule has 0 radical (unpaired) electrons. The van der Waals surface area contributed by atoms with Gasteiger partial charge < -0.3 is 15.4 Å². The lowest BCUT2D eigenvalue weighted by Crippen LogP contribution is -2.38. The van der Waals surface area contributed by atoms with Gasteiger partial charge >= 0.3 is 0 Å². The second kappa shape index (κ2) is 9.48. The maximum Gasteiger partial charge on any atom is 0.191 e. The second-order valence-electron chi connectivity index (χ2n) is 5.06. The standard InChI is InChI=1S/C14H29N3OS/c1-4-15-13(16-9-11-19-3)17-12-14(6-7-14)8-10-18-5-2/h4-12H2,1-3H3,(H2,15,16,17). The number of rotatable bonds is 10. The zero-order valence-corrected chi connectivity index (χ0v) is 13.4. The molecule has 1 fully saturated rings. The summed E-state index contributed by atoms with van der Waals surface area (Å²) in [7, 11) is 0. The summed E-state index contributed by atoms with van der Waals surface area (Å²) in [5.74, 6) is 2.07. The van der Waals surface area contributed by atoms with Crippen LogP contribution in [0, 0.1) is 5.41 Å². The number of hydrogen-bond acceptors (Lipinski definition) is 3. The SMILES string of the molecule is CCNC(=NCC1(CCOCC)CC1)NCCSC. The molecule has 5 heteroatoms. The molecule has 0 saturated heterocycles. The Bertz CT molecular complexity index is 267. The van der Waals surface area contributed by atoms with Gasteiger partial charge in [0.05, 0.1) is 0 Å². The predicted octanol–water partition coefficient (Wildman–Crippen LogP) is 2.11. The summed E-state index contributed by atoms with van der Waals surface area (Å²) in [5, 5.41) is 6.68. The molecule has 0 heterocycles. The van der Waals surface area contributed by atoms with Gasteiger partial charge in [0.2, 0.25) is 0 Å². The van der Waals surface area contributed by atoms with E-state index >= 15 is 0 Å². The van der Waals surface area contributed by atoms with Crippen molar-refractivity contribution in [2.24, 2.45) is 10.4 Å². The summed E-state index contributed by atoms with van der Waals surface area (Å²) in [6.45, 7) is 8.66. The minimum absolute atomic E-state index is 0.428. The van der Waals surface area contributed by atoms with E-state index in [2.05, 4.69) is 30.7 Å². The first-order chi connectivity index (χ1) is 9.26. The van der Waals surface area contributed by atoms with Gasteiger partial charge in [-0.2, -0.15) is 11.8 Å². The highest BCUT2D eigenvalue weighted by Crippen LogP contribution is 2.48. The Morgan fingerprint density at radius 3 is 2.68 bits per heavy atom. The smallest absolute Gasteiger partial charge is 0.191 e. The van der Waals surface area contributed by atoms with E-state index < -0.39 is 0 Å². The number of aliphatic imine (C=N–C) groups is 1. The lowest BCUT2D eigenvalue weighted by Gasteiger charge is -2.15. The van der Waals surface area contributed by atoms with Gasteiger partial charge in [-0.15, -0.1) is 0 Å². The van der Waals surface area contributed by atoms with Crippen molar-refractivity contribution in [1.29, 1.82) is 0 Å². The molecule has 1 rings (SSSR count). The van der Waals surface area contributed by atoms with Crippen LogP contribution in [-0.2, 0) is 4.74 Å². The number of nitrogens with zero attached hydrogens (tertiary/aromatic N) is 1. The van der Waals surface area contributed by atoms with Crippen molar-refractivity contribution in [3.63, 3.8) is 0 Å². The highest BCUT2D eigenvalue weighted by molar-refractivity contribution is 7.98. The molecule has 1 aliphatic rings. The third-order valence-electron chi connectivity index (χ3n) is 3.45. The average Bonchev–Trinajstić information content (AvgIpc) is 3.17. The fourth-order valence-corrected chi connectivity index (χ4v) is 2.26. The van der Waals surface area contributed by atoms with E-state index in [-0.39, 0.29) is 0 Å². The molecular weight excluding hydrogens is 258 g/mol. The van der Waals surface area contributed by atoms with E-state index in [1.54, 1.807) is 0 Å². The Labute approximate surface area is 122 Å². The van der Waals surface area contributed by atoms with Crippen LogP contribution in [0.1, 0.15) is 33.1 Å². The zero-order chi connectivity index (χ0) is 14.0. The van der Waals surface area contributed by atoms with Crippen molar-refractivity contribution in [2.75, 3.05) is 44.9 Å². The molecule has 1 aliphatic carbocycles. The maximum atomic E-state index is 5.46. The van der Waals surface area contributed by atoms with Gasteiger partial charge in [-0.3, -0.25) is 4.99 Å². The minimum Gasteiger partial charge on any atom is -0.382 e. The molecule has 0 aromatic heterocycles. The number of ether oxygens (including phenoxy) is 1. The van der Waals surface area contributed by atoms with Crippen molar-refractivity contribution < 1.29 is 4.74 Å². The molecule has 0 amide bonds. The Morgan fingerprint density at radius 2 is 2.11 bits per heavy atom. The Kier molecular flexibility index (Phi) is 8.30. The summed E-state index contributed by atoms with van der Waals surface area (Å²) < 4.78 is 5.46. The Hall–Kier alpha value is -0.420. The number of nitrogens with one attached hydrogen (secondary N) is 2. The van der Waals surface area contributed by atoms with E-state index in [9.17, 15) is 0 Å². The Morgan fingerprint density at radius 1 is 1.32 bits per heavy atom. The van der Waals surface area contributed by atoms with Crippen LogP contribution < -0.4 is 10.6 Å². The van der Waals surface area contributed by atoms with Crippen molar-refractivity contribution >= 4 is 17.7 Å². The fourth-order valence-electron chi connectivity index (χ4n) is 1.96. The average molecular weight is 287 g/mol. The number of hydrogen-bond donors (Lipinski definition) is 2. The summed E-state index contributed by atoms with van der Waals surface area (Å²) in [6.07, 6.45) is 5.87. The first kappa shape index (κ1) is 16.6.